The van der Waals surface area contributed by atoms with E-state index in [1.807, 2.05) is 6.92 Å². The number of nitrogens with one attached hydrogen (secondary N) is 1. The lowest BCUT2D eigenvalue weighted by Crippen LogP contribution is -2.26. The molecule has 1 rings (SSSR count). The van der Waals surface area contributed by atoms with Crippen molar-refractivity contribution in [1.29, 1.82) is 0 Å². The highest BCUT2D eigenvalue weighted by Gasteiger charge is 2.26. The van der Waals surface area contributed by atoms with E-state index < -0.39 is 5.38 Å². The maximum absolute atomic E-state index is 11.6. The normalized spacial score (nSPS) is 12.3. The third-order valence-corrected chi connectivity index (χ3v) is 2.66. The Labute approximate surface area is 99.7 Å². The maximum atomic E-state index is 11.6. The maximum Gasteiger partial charge on any atom is 0.242 e. The molecule has 90 valence electrons. The second kappa shape index (κ2) is 5.21. The van der Waals surface area contributed by atoms with Crippen molar-refractivity contribution in [2.45, 2.75) is 19.2 Å². The summed E-state index contributed by atoms with van der Waals surface area (Å²) in [5, 5.41) is 6.07. The number of ether oxygens (including phenoxy) is 1. The number of carbonyl (C=O) groups is 1. The van der Waals surface area contributed by atoms with Gasteiger partial charge in [-0.2, -0.15) is 5.10 Å². The van der Waals surface area contributed by atoms with Crippen LogP contribution in [0.3, 0.4) is 0 Å². The number of nitrogens with zero attached hydrogens (tertiary/aromatic N) is 2. The summed E-state index contributed by atoms with van der Waals surface area (Å²) < 4.78 is 6.75. The topological polar surface area (TPSA) is 56.2 Å². The monoisotopic (exact) mass is 245 g/mol. The van der Waals surface area contributed by atoms with Crippen LogP contribution in [0.5, 0.6) is 5.88 Å². The Kier molecular flexibility index (Phi) is 4.18. The minimum Gasteiger partial charge on any atom is -0.481 e. The number of carbonyl (C=O) groups excluding carboxylic acids is 1. The lowest BCUT2D eigenvalue weighted by Gasteiger charge is -2.10. The van der Waals surface area contributed by atoms with Crippen LogP contribution in [0, 0.1) is 6.92 Å². The Balaban J connectivity index is 3.07. The van der Waals surface area contributed by atoms with Gasteiger partial charge in [-0.25, -0.2) is 4.68 Å². The highest BCUT2D eigenvalue weighted by atomic mass is 35.5. The van der Waals surface area contributed by atoms with Crippen LogP contribution >= 0.6 is 11.6 Å². The molecule has 0 aliphatic rings. The molecule has 0 saturated carbocycles. The zero-order valence-electron chi connectivity index (χ0n) is 9.87. The van der Waals surface area contributed by atoms with E-state index >= 15 is 0 Å². The fourth-order valence-electron chi connectivity index (χ4n) is 1.58. The Morgan fingerprint density at radius 3 is 2.81 bits per heavy atom. The molecule has 6 heteroatoms. The van der Waals surface area contributed by atoms with Crippen LogP contribution in [-0.2, 0) is 11.8 Å². The highest BCUT2D eigenvalue weighted by Crippen LogP contribution is 2.32. The first-order valence-electron chi connectivity index (χ1n) is 5.02. The molecule has 1 aromatic heterocycles. The minimum absolute atomic E-state index is 0.237. The van der Waals surface area contributed by atoms with Crippen molar-refractivity contribution in [3.63, 3.8) is 0 Å². The van der Waals surface area contributed by atoms with Gasteiger partial charge in [0.25, 0.3) is 0 Å². The SMILES string of the molecule is CCNC(=O)C(Cl)c1c(C)nn(C)c1OC. The molecule has 1 atom stereocenters. The number of aromatic nitrogens is 2. The summed E-state index contributed by atoms with van der Waals surface area (Å²) in [5.41, 5.74) is 1.32. The third-order valence-electron chi connectivity index (χ3n) is 2.24. The van der Waals surface area contributed by atoms with E-state index in [0.29, 0.717) is 23.7 Å². The second-order valence-corrected chi connectivity index (χ2v) is 3.83. The molecule has 16 heavy (non-hydrogen) atoms. The van der Waals surface area contributed by atoms with Crippen LogP contribution < -0.4 is 10.1 Å². The minimum atomic E-state index is -0.774. The van der Waals surface area contributed by atoms with E-state index in [0.717, 1.165) is 0 Å². The van der Waals surface area contributed by atoms with Crippen LogP contribution in [0.2, 0.25) is 0 Å². The van der Waals surface area contributed by atoms with E-state index in [4.69, 9.17) is 16.3 Å². The van der Waals surface area contributed by atoms with Crippen LogP contribution in [0.4, 0.5) is 0 Å². The van der Waals surface area contributed by atoms with Crippen molar-refractivity contribution < 1.29 is 9.53 Å². The van der Waals surface area contributed by atoms with Crippen molar-refractivity contribution in [3.8, 4) is 5.88 Å². The first-order valence-corrected chi connectivity index (χ1v) is 5.45. The lowest BCUT2D eigenvalue weighted by atomic mass is 10.1. The number of amides is 1. The molecule has 1 amide bonds. The van der Waals surface area contributed by atoms with Crippen molar-refractivity contribution in [3.05, 3.63) is 11.3 Å². The predicted octanol–water partition coefficient (Wildman–Crippen LogP) is 1.15. The zero-order valence-corrected chi connectivity index (χ0v) is 10.6. The molecule has 0 spiro atoms. The van der Waals surface area contributed by atoms with Crippen LogP contribution in [0.15, 0.2) is 0 Å². The fourth-order valence-corrected chi connectivity index (χ4v) is 1.91. The Morgan fingerprint density at radius 2 is 2.31 bits per heavy atom. The highest BCUT2D eigenvalue weighted by molar-refractivity contribution is 6.31. The van der Waals surface area contributed by atoms with Crippen molar-refractivity contribution in [2.24, 2.45) is 7.05 Å². The zero-order chi connectivity index (χ0) is 12.3. The molecule has 0 bridgehead atoms. The summed E-state index contributed by atoms with van der Waals surface area (Å²) in [5.74, 6) is 0.280. The van der Waals surface area contributed by atoms with Crippen molar-refractivity contribution in [2.75, 3.05) is 13.7 Å². The molecule has 0 aliphatic heterocycles. The van der Waals surface area contributed by atoms with Gasteiger partial charge in [0.1, 0.15) is 5.38 Å². The number of hydrogen-bond donors (Lipinski definition) is 1. The van der Waals surface area contributed by atoms with Crippen molar-refractivity contribution >= 4 is 17.5 Å². The standard InChI is InChI=1S/C10H16ClN3O2/c1-5-12-9(15)8(11)7-6(2)13-14(3)10(7)16-4/h8H,5H2,1-4H3,(H,12,15). The summed E-state index contributed by atoms with van der Waals surface area (Å²) in [6.45, 7) is 4.19. The number of alkyl halides is 1. The summed E-state index contributed by atoms with van der Waals surface area (Å²) >= 11 is 6.09. The average Bonchev–Trinajstić information content (AvgIpc) is 2.52. The Bertz CT molecular complexity index is 390. The molecule has 1 heterocycles. The molecular formula is C10H16ClN3O2. The lowest BCUT2D eigenvalue weighted by molar-refractivity contribution is -0.120. The molecule has 0 aromatic carbocycles. The summed E-state index contributed by atoms with van der Waals surface area (Å²) in [4.78, 5) is 11.6. The number of hydrogen-bond acceptors (Lipinski definition) is 3. The van der Waals surface area contributed by atoms with Gasteiger partial charge in [-0.3, -0.25) is 4.79 Å². The van der Waals surface area contributed by atoms with Crippen LogP contribution in [-0.4, -0.2) is 29.3 Å². The quantitative estimate of drug-likeness (QED) is 0.810. The van der Waals surface area contributed by atoms with Gasteiger partial charge < -0.3 is 10.1 Å². The van der Waals surface area contributed by atoms with Gasteiger partial charge in [-0.15, -0.1) is 11.6 Å². The smallest absolute Gasteiger partial charge is 0.242 e. The number of halogens is 1. The van der Waals surface area contributed by atoms with Gasteiger partial charge in [0, 0.05) is 13.6 Å². The van der Waals surface area contributed by atoms with E-state index in [9.17, 15) is 4.79 Å². The van der Waals surface area contributed by atoms with Crippen molar-refractivity contribution in [1.82, 2.24) is 15.1 Å². The summed E-state index contributed by atoms with van der Waals surface area (Å²) in [6.07, 6.45) is 0. The van der Waals surface area contributed by atoms with Gasteiger partial charge in [0.2, 0.25) is 11.8 Å². The van der Waals surface area contributed by atoms with Gasteiger partial charge in [-0.1, -0.05) is 0 Å². The largest absolute Gasteiger partial charge is 0.481 e. The molecular weight excluding hydrogens is 230 g/mol. The molecule has 1 unspecified atom stereocenters. The number of aryl methyl sites for hydroxylation is 2. The van der Waals surface area contributed by atoms with Gasteiger partial charge in [0.15, 0.2) is 0 Å². The number of methoxy groups -OCH3 is 1. The Hall–Kier alpha value is -1.23. The summed E-state index contributed by atoms with van der Waals surface area (Å²) in [7, 11) is 3.28. The average molecular weight is 246 g/mol. The molecule has 1 aromatic rings. The van der Waals surface area contributed by atoms with Crippen LogP contribution in [0.25, 0.3) is 0 Å². The van der Waals surface area contributed by atoms with E-state index in [1.165, 1.54) is 7.11 Å². The molecule has 0 saturated heterocycles. The van der Waals surface area contributed by atoms with E-state index in [1.54, 1.807) is 18.7 Å². The molecule has 0 fully saturated rings. The molecule has 0 aliphatic carbocycles. The first kappa shape index (κ1) is 12.8. The van der Waals surface area contributed by atoms with Gasteiger partial charge in [-0.05, 0) is 13.8 Å². The van der Waals surface area contributed by atoms with Crippen LogP contribution in [0.1, 0.15) is 23.6 Å². The molecule has 5 nitrogen and oxygen atoms in total. The molecule has 0 radical (unpaired) electrons. The first-order chi connectivity index (χ1) is 7.52. The van der Waals surface area contributed by atoms with Gasteiger partial charge in [0.05, 0.1) is 18.4 Å². The second-order valence-electron chi connectivity index (χ2n) is 3.39. The summed E-state index contributed by atoms with van der Waals surface area (Å²) in [6, 6.07) is 0. The van der Waals surface area contributed by atoms with E-state index in [2.05, 4.69) is 10.4 Å². The number of likely N-dealkylation sites (N-methyl/N-ethyl adjacent to an activating group) is 1. The fraction of sp³-hybridized carbons (Fsp3) is 0.600. The van der Waals surface area contributed by atoms with Gasteiger partial charge >= 0.3 is 0 Å². The third kappa shape index (κ3) is 2.29. The molecule has 1 N–H and O–H groups in total. The van der Waals surface area contributed by atoms with E-state index in [-0.39, 0.29) is 5.91 Å². The number of rotatable bonds is 4. The Morgan fingerprint density at radius 1 is 1.69 bits per heavy atom. The predicted molar refractivity (Wildman–Crippen MR) is 61.8 cm³/mol.